The van der Waals surface area contributed by atoms with E-state index in [0.29, 0.717) is 37.5 Å². The van der Waals surface area contributed by atoms with Crippen molar-refractivity contribution < 1.29 is 14.3 Å². The van der Waals surface area contributed by atoms with Crippen molar-refractivity contribution in [3.8, 4) is 0 Å². The van der Waals surface area contributed by atoms with Gasteiger partial charge >= 0.3 is 5.97 Å². The first-order valence-electron chi connectivity index (χ1n) is 7.52. The van der Waals surface area contributed by atoms with Gasteiger partial charge in [0.2, 0.25) is 0 Å². The second-order valence-corrected chi connectivity index (χ2v) is 6.22. The van der Waals surface area contributed by atoms with E-state index in [1.54, 1.807) is 23.4 Å². The molecule has 122 valence electrons. The van der Waals surface area contributed by atoms with E-state index in [1.165, 1.54) is 21.9 Å². The van der Waals surface area contributed by atoms with Crippen LogP contribution in [0.3, 0.4) is 0 Å². The topological polar surface area (TPSA) is 81.0 Å². The third-order valence-corrected chi connectivity index (χ3v) is 4.75. The average molecular weight is 335 g/mol. The molecule has 8 heteroatoms. The van der Waals surface area contributed by atoms with Crippen molar-refractivity contribution in [2.45, 2.75) is 19.8 Å². The second kappa shape index (κ2) is 6.49. The number of amides is 1. The van der Waals surface area contributed by atoms with Gasteiger partial charge in [-0.1, -0.05) is 0 Å². The molecule has 0 N–H and O–H groups in total. The predicted molar refractivity (Wildman–Crippen MR) is 84.6 cm³/mol. The van der Waals surface area contributed by atoms with E-state index >= 15 is 0 Å². The van der Waals surface area contributed by atoms with Crippen molar-refractivity contribution in [1.29, 1.82) is 0 Å². The maximum absolute atomic E-state index is 12.5. The van der Waals surface area contributed by atoms with Crippen LogP contribution in [0.1, 0.15) is 30.1 Å². The zero-order chi connectivity index (χ0) is 16.4. The first kappa shape index (κ1) is 15.7. The Bertz CT molecular complexity index is 789. The normalized spacial score (nSPS) is 15.8. The Hall–Kier alpha value is -2.22. The molecule has 1 aliphatic heterocycles. The van der Waals surface area contributed by atoms with Crippen LogP contribution in [0, 0.1) is 5.92 Å². The Morgan fingerprint density at radius 1 is 1.39 bits per heavy atom. The minimum absolute atomic E-state index is 0.0653. The Kier molecular flexibility index (Phi) is 4.42. The molecule has 23 heavy (non-hydrogen) atoms. The third kappa shape index (κ3) is 2.98. The second-order valence-electron chi connectivity index (χ2n) is 5.35. The highest BCUT2D eigenvalue weighted by Gasteiger charge is 2.29. The van der Waals surface area contributed by atoms with Crippen LogP contribution in [0.15, 0.2) is 22.6 Å². The smallest absolute Gasteiger partial charge is 0.309 e. The molecule has 1 aliphatic rings. The molecule has 2 aromatic rings. The summed E-state index contributed by atoms with van der Waals surface area (Å²) in [6.45, 7) is 3.01. The fourth-order valence-corrected chi connectivity index (χ4v) is 3.40. The van der Waals surface area contributed by atoms with E-state index in [2.05, 4.69) is 4.98 Å². The van der Waals surface area contributed by atoms with Gasteiger partial charge in [-0.25, -0.2) is 4.98 Å². The van der Waals surface area contributed by atoms with Crippen LogP contribution in [0.5, 0.6) is 0 Å². The van der Waals surface area contributed by atoms with Crippen LogP contribution < -0.4 is 5.56 Å². The molecule has 0 aliphatic carbocycles. The highest BCUT2D eigenvalue weighted by molar-refractivity contribution is 7.15. The number of hydrogen-bond acceptors (Lipinski definition) is 6. The average Bonchev–Trinajstić information content (AvgIpc) is 3.04. The number of nitrogens with zero attached hydrogens (tertiary/aromatic N) is 3. The maximum atomic E-state index is 12.5. The molecular weight excluding hydrogens is 318 g/mol. The summed E-state index contributed by atoms with van der Waals surface area (Å²) < 4.78 is 6.39. The van der Waals surface area contributed by atoms with Crippen molar-refractivity contribution in [1.82, 2.24) is 14.3 Å². The van der Waals surface area contributed by atoms with E-state index in [1.807, 2.05) is 0 Å². The largest absolute Gasteiger partial charge is 0.466 e. The van der Waals surface area contributed by atoms with Gasteiger partial charge in [-0.3, -0.25) is 18.8 Å². The third-order valence-electron chi connectivity index (χ3n) is 3.98. The Morgan fingerprint density at radius 2 is 2.13 bits per heavy atom. The summed E-state index contributed by atoms with van der Waals surface area (Å²) in [5, 5.41) is 1.75. The van der Waals surface area contributed by atoms with Gasteiger partial charge in [-0.15, -0.1) is 11.3 Å². The first-order valence-corrected chi connectivity index (χ1v) is 8.40. The number of aromatic nitrogens is 2. The molecule has 2 aromatic heterocycles. The van der Waals surface area contributed by atoms with Gasteiger partial charge in [0, 0.05) is 30.9 Å². The first-order chi connectivity index (χ1) is 11.1. The van der Waals surface area contributed by atoms with Crippen LogP contribution in [-0.2, 0) is 9.53 Å². The molecule has 0 radical (unpaired) electrons. The molecule has 1 fully saturated rings. The van der Waals surface area contributed by atoms with Gasteiger partial charge in [0.05, 0.1) is 12.5 Å². The summed E-state index contributed by atoms with van der Waals surface area (Å²) in [5.74, 6) is -0.705. The van der Waals surface area contributed by atoms with Gasteiger partial charge in [-0.05, 0) is 19.8 Å². The highest BCUT2D eigenvalue weighted by Crippen LogP contribution is 2.20. The Morgan fingerprint density at radius 3 is 2.83 bits per heavy atom. The molecule has 1 amide bonds. The number of piperidine rings is 1. The van der Waals surface area contributed by atoms with Crippen LogP contribution in [0.25, 0.3) is 4.96 Å². The minimum Gasteiger partial charge on any atom is -0.466 e. The van der Waals surface area contributed by atoms with Crippen molar-refractivity contribution in [3.63, 3.8) is 0 Å². The number of rotatable bonds is 3. The van der Waals surface area contributed by atoms with E-state index in [-0.39, 0.29) is 28.9 Å². The predicted octanol–water partition coefficient (Wildman–Crippen LogP) is 1.17. The lowest BCUT2D eigenvalue weighted by molar-refractivity contribution is -0.149. The van der Waals surface area contributed by atoms with E-state index in [0.717, 1.165) is 0 Å². The van der Waals surface area contributed by atoms with Gasteiger partial charge in [-0.2, -0.15) is 0 Å². The van der Waals surface area contributed by atoms with Crippen molar-refractivity contribution in [2.75, 3.05) is 19.7 Å². The summed E-state index contributed by atoms with van der Waals surface area (Å²) in [6.07, 6.45) is 4.06. The zero-order valence-corrected chi connectivity index (χ0v) is 13.5. The standard InChI is InChI=1S/C15H17N3O4S/c1-2-22-14(21)10-3-5-17(6-4-10)12(19)11-9-16-15-18(13(11)20)7-8-23-15/h7-10H,2-6H2,1H3. The summed E-state index contributed by atoms with van der Waals surface area (Å²) in [5.41, 5.74) is -0.288. The van der Waals surface area contributed by atoms with Gasteiger partial charge < -0.3 is 9.64 Å². The Balaban J connectivity index is 1.73. The summed E-state index contributed by atoms with van der Waals surface area (Å²) in [7, 11) is 0. The molecule has 0 atom stereocenters. The lowest BCUT2D eigenvalue weighted by atomic mass is 9.96. The number of fused-ring (bicyclic) bond motifs is 1. The number of carbonyl (C=O) groups excluding carboxylic acids is 2. The van der Waals surface area contributed by atoms with Crippen LogP contribution in [0.2, 0.25) is 0 Å². The molecule has 0 spiro atoms. The molecule has 7 nitrogen and oxygen atoms in total. The fourth-order valence-electron chi connectivity index (χ4n) is 2.72. The number of hydrogen-bond donors (Lipinski definition) is 0. The monoisotopic (exact) mass is 335 g/mol. The minimum atomic E-state index is -0.353. The van der Waals surface area contributed by atoms with Gasteiger partial charge in [0.1, 0.15) is 5.56 Å². The maximum Gasteiger partial charge on any atom is 0.309 e. The zero-order valence-electron chi connectivity index (χ0n) is 12.7. The quantitative estimate of drug-likeness (QED) is 0.787. The lowest BCUT2D eigenvalue weighted by Gasteiger charge is -2.30. The number of carbonyl (C=O) groups is 2. The molecule has 3 rings (SSSR count). The van der Waals surface area contributed by atoms with Crippen molar-refractivity contribution in [3.05, 3.63) is 33.7 Å². The highest BCUT2D eigenvalue weighted by atomic mass is 32.1. The van der Waals surface area contributed by atoms with Crippen LogP contribution in [-0.4, -0.2) is 45.9 Å². The number of thiazole rings is 1. The molecule has 0 bridgehead atoms. The summed E-state index contributed by atoms with van der Waals surface area (Å²) in [4.78, 5) is 42.9. The van der Waals surface area contributed by atoms with Gasteiger partial charge in [0.25, 0.3) is 11.5 Å². The van der Waals surface area contributed by atoms with Crippen molar-refractivity contribution in [2.24, 2.45) is 5.92 Å². The molecule has 3 heterocycles. The molecule has 0 aromatic carbocycles. The van der Waals surface area contributed by atoms with E-state index in [4.69, 9.17) is 4.74 Å². The van der Waals surface area contributed by atoms with Crippen LogP contribution in [0.4, 0.5) is 0 Å². The summed E-state index contributed by atoms with van der Waals surface area (Å²) in [6, 6.07) is 0. The van der Waals surface area contributed by atoms with Crippen LogP contribution >= 0.6 is 11.3 Å². The fraction of sp³-hybridized carbons (Fsp3) is 0.467. The van der Waals surface area contributed by atoms with Gasteiger partial charge in [0.15, 0.2) is 4.96 Å². The summed E-state index contributed by atoms with van der Waals surface area (Å²) >= 11 is 1.34. The number of ether oxygens (including phenoxy) is 1. The Labute approximate surface area is 136 Å². The molecule has 1 saturated heterocycles. The SMILES string of the molecule is CCOC(=O)C1CCN(C(=O)c2cnc3sccn3c2=O)CC1. The molecule has 0 unspecified atom stereocenters. The van der Waals surface area contributed by atoms with E-state index in [9.17, 15) is 14.4 Å². The van der Waals surface area contributed by atoms with Crippen molar-refractivity contribution >= 4 is 28.2 Å². The number of esters is 1. The molecular formula is C15H17N3O4S. The van der Waals surface area contributed by atoms with E-state index < -0.39 is 0 Å². The molecule has 0 saturated carbocycles. The number of likely N-dealkylation sites (tertiary alicyclic amines) is 1. The lowest BCUT2D eigenvalue weighted by Crippen LogP contribution is -2.42.